The van der Waals surface area contributed by atoms with Gasteiger partial charge in [0.05, 0.1) is 19.6 Å². The molecule has 2 aromatic carbocycles. The molecule has 24 heavy (non-hydrogen) atoms. The minimum Gasteiger partial charge on any atom is -0.378 e. The number of morpholine rings is 1. The van der Waals surface area contributed by atoms with Crippen LogP contribution in [-0.4, -0.2) is 32.2 Å². The Morgan fingerprint density at radius 3 is 2.54 bits per heavy atom. The molecule has 1 fully saturated rings. The molecule has 126 valence electrons. The molecule has 5 heteroatoms. The van der Waals surface area contributed by atoms with Crippen LogP contribution in [0.3, 0.4) is 0 Å². The van der Waals surface area contributed by atoms with E-state index in [9.17, 15) is 4.79 Å². The van der Waals surface area contributed by atoms with Gasteiger partial charge in [0.2, 0.25) is 5.91 Å². The number of hydrogen-bond acceptors (Lipinski definition) is 3. The number of anilines is 2. The molecule has 0 aromatic heterocycles. The summed E-state index contributed by atoms with van der Waals surface area (Å²) in [6.45, 7) is 5.41. The van der Waals surface area contributed by atoms with E-state index in [1.54, 1.807) is 12.1 Å². The molecule has 1 N–H and O–H groups in total. The normalized spacial score (nSPS) is 14.5. The van der Waals surface area contributed by atoms with Gasteiger partial charge in [-0.3, -0.25) is 4.79 Å². The fourth-order valence-corrected chi connectivity index (χ4v) is 3.01. The molecule has 3 rings (SSSR count). The number of amides is 1. The molecular formula is C19H21ClN2O2. The first-order valence-electron chi connectivity index (χ1n) is 8.09. The third kappa shape index (κ3) is 4.28. The van der Waals surface area contributed by atoms with E-state index in [0.717, 1.165) is 43.1 Å². The number of benzene rings is 2. The van der Waals surface area contributed by atoms with E-state index in [1.165, 1.54) is 5.69 Å². The van der Waals surface area contributed by atoms with Crippen molar-refractivity contribution in [2.45, 2.75) is 13.3 Å². The van der Waals surface area contributed by atoms with Crippen molar-refractivity contribution in [2.75, 3.05) is 36.5 Å². The summed E-state index contributed by atoms with van der Waals surface area (Å²) in [5.74, 6) is -0.0316. The van der Waals surface area contributed by atoms with Crippen LogP contribution in [0.15, 0.2) is 42.5 Å². The first-order chi connectivity index (χ1) is 11.6. The Labute approximate surface area is 147 Å². The van der Waals surface area contributed by atoms with Crippen LogP contribution in [0.2, 0.25) is 5.02 Å². The van der Waals surface area contributed by atoms with E-state index in [1.807, 2.05) is 24.3 Å². The Balaban J connectivity index is 1.63. The third-order valence-electron chi connectivity index (χ3n) is 4.11. The molecule has 1 saturated heterocycles. The summed E-state index contributed by atoms with van der Waals surface area (Å²) in [5.41, 5.74) is 4.12. The summed E-state index contributed by atoms with van der Waals surface area (Å²) in [4.78, 5) is 14.5. The molecule has 0 spiro atoms. The second kappa shape index (κ2) is 7.69. The summed E-state index contributed by atoms with van der Waals surface area (Å²) in [5, 5.41) is 3.64. The minimum absolute atomic E-state index is 0.0316. The summed E-state index contributed by atoms with van der Waals surface area (Å²) in [6.07, 6.45) is 0.335. The molecule has 0 saturated carbocycles. The number of aryl methyl sites for hydroxylation is 1. The number of carbonyl (C=O) groups is 1. The highest BCUT2D eigenvalue weighted by Gasteiger charge is 2.14. The van der Waals surface area contributed by atoms with Crippen molar-refractivity contribution in [3.8, 4) is 0 Å². The molecule has 0 atom stereocenters. The Morgan fingerprint density at radius 2 is 1.88 bits per heavy atom. The van der Waals surface area contributed by atoms with Gasteiger partial charge in [0, 0.05) is 29.5 Å². The molecule has 4 nitrogen and oxygen atoms in total. The Kier molecular flexibility index (Phi) is 5.38. The zero-order valence-electron chi connectivity index (χ0n) is 13.7. The van der Waals surface area contributed by atoms with Crippen molar-refractivity contribution < 1.29 is 9.53 Å². The number of nitrogens with one attached hydrogen (secondary N) is 1. The van der Waals surface area contributed by atoms with Gasteiger partial charge in [0.15, 0.2) is 0 Å². The molecule has 1 heterocycles. The molecule has 1 aliphatic rings. The lowest BCUT2D eigenvalue weighted by Crippen LogP contribution is -2.36. The lowest BCUT2D eigenvalue weighted by molar-refractivity contribution is -0.115. The van der Waals surface area contributed by atoms with Crippen LogP contribution in [0, 0.1) is 6.92 Å². The minimum atomic E-state index is -0.0316. The molecule has 0 radical (unpaired) electrons. The van der Waals surface area contributed by atoms with Gasteiger partial charge in [-0.15, -0.1) is 0 Å². The number of carbonyl (C=O) groups excluding carboxylic acids is 1. The van der Waals surface area contributed by atoms with Crippen LogP contribution in [0.5, 0.6) is 0 Å². The lowest BCUT2D eigenvalue weighted by atomic mass is 10.1. The van der Waals surface area contributed by atoms with Crippen LogP contribution in [-0.2, 0) is 16.0 Å². The van der Waals surface area contributed by atoms with Crippen molar-refractivity contribution in [2.24, 2.45) is 0 Å². The average Bonchev–Trinajstić information content (AvgIpc) is 2.58. The smallest absolute Gasteiger partial charge is 0.228 e. The number of hydrogen-bond donors (Lipinski definition) is 1. The highest BCUT2D eigenvalue weighted by Crippen LogP contribution is 2.24. The molecule has 2 aromatic rings. The Morgan fingerprint density at radius 1 is 1.17 bits per heavy atom. The first-order valence-corrected chi connectivity index (χ1v) is 8.47. The maximum atomic E-state index is 12.2. The van der Waals surface area contributed by atoms with E-state index in [0.29, 0.717) is 11.4 Å². The third-order valence-corrected chi connectivity index (χ3v) is 4.36. The van der Waals surface area contributed by atoms with E-state index >= 15 is 0 Å². The second-order valence-corrected chi connectivity index (χ2v) is 6.39. The van der Waals surface area contributed by atoms with Crippen LogP contribution in [0.1, 0.15) is 11.1 Å². The first kappa shape index (κ1) is 16.8. The van der Waals surface area contributed by atoms with Gasteiger partial charge in [-0.1, -0.05) is 23.7 Å². The van der Waals surface area contributed by atoms with Gasteiger partial charge >= 0.3 is 0 Å². The van der Waals surface area contributed by atoms with Crippen molar-refractivity contribution in [1.82, 2.24) is 0 Å². The standard InChI is InChI=1S/C19H21ClN2O2/c1-14-12-17(6-7-18(14)22-8-10-24-11-9-22)21-19(23)13-15-2-4-16(20)5-3-15/h2-7,12H,8-11,13H2,1H3,(H,21,23). The van der Waals surface area contributed by atoms with Crippen LogP contribution >= 0.6 is 11.6 Å². The van der Waals surface area contributed by atoms with Crippen LogP contribution in [0.25, 0.3) is 0 Å². The molecular weight excluding hydrogens is 324 g/mol. The summed E-state index contributed by atoms with van der Waals surface area (Å²) in [6, 6.07) is 13.4. The van der Waals surface area contributed by atoms with Gasteiger partial charge in [-0.2, -0.15) is 0 Å². The topological polar surface area (TPSA) is 41.6 Å². The van der Waals surface area contributed by atoms with E-state index in [2.05, 4.69) is 23.2 Å². The Bertz CT molecular complexity index is 710. The fraction of sp³-hybridized carbons (Fsp3) is 0.316. The zero-order chi connectivity index (χ0) is 16.9. The molecule has 0 bridgehead atoms. The summed E-state index contributed by atoms with van der Waals surface area (Å²) < 4.78 is 5.39. The monoisotopic (exact) mass is 344 g/mol. The highest BCUT2D eigenvalue weighted by molar-refractivity contribution is 6.30. The zero-order valence-corrected chi connectivity index (χ0v) is 14.5. The van der Waals surface area contributed by atoms with Crippen molar-refractivity contribution in [3.05, 3.63) is 58.6 Å². The van der Waals surface area contributed by atoms with E-state index < -0.39 is 0 Å². The van der Waals surface area contributed by atoms with Gasteiger partial charge in [-0.05, 0) is 48.4 Å². The lowest BCUT2D eigenvalue weighted by Gasteiger charge is -2.30. The van der Waals surface area contributed by atoms with Crippen LogP contribution < -0.4 is 10.2 Å². The predicted octanol–water partition coefficient (Wildman–Crippen LogP) is 3.67. The SMILES string of the molecule is Cc1cc(NC(=O)Cc2ccc(Cl)cc2)ccc1N1CCOCC1. The highest BCUT2D eigenvalue weighted by atomic mass is 35.5. The maximum Gasteiger partial charge on any atom is 0.228 e. The van der Waals surface area contributed by atoms with E-state index in [4.69, 9.17) is 16.3 Å². The molecule has 0 aliphatic carbocycles. The number of rotatable bonds is 4. The van der Waals surface area contributed by atoms with Crippen LogP contribution in [0.4, 0.5) is 11.4 Å². The number of halogens is 1. The predicted molar refractivity (Wildman–Crippen MR) is 98.0 cm³/mol. The van der Waals surface area contributed by atoms with Gasteiger partial charge in [-0.25, -0.2) is 0 Å². The van der Waals surface area contributed by atoms with Gasteiger partial charge in [0.25, 0.3) is 0 Å². The van der Waals surface area contributed by atoms with Gasteiger partial charge < -0.3 is 15.0 Å². The average molecular weight is 345 g/mol. The maximum absolute atomic E-state index is 12.2. The van der Waals surface area contributed by atoms with Crippen molar-refractivity contribution in [3.63, 3.8) is 0 Å². The van der Waals surface area contributed by atoms with Gasteiger partial charge in [0.1, 0.15) is 0 Å². The molecule has 0 unspecified atom stereocenters. The Hall–Kier alpha value is -2.04. The number of nitrogens with zero attached hydrogens (tertiary/aromatic N) is 1. The number of ether oxygens (including phenoxy) is 1. The summed E-state index contributed by atoms with van der Waals surface area (Å²) >= 11 is 5.86. The quantitative estimate of drug-likeness (QED) is 0.920. The molecule has 1 amide bonds. The molecule has 1 aliphatic heterocycles. The largest absolute Gasteiger partial charge is 0.378 e. The fourth-order valence-electron chi connectivity index (χ4n) is 2.89. The van der Waals surface area contributed by atoms with Crippen molar-refractivity contribution in [1.29, 1.82) is 0 Å². The second-order valence-electron chi connectivity index (χ2n) is 5.95. The van der Waals surface area contributed by atoms with Crippen molar-refractivity contribution >= 4 is 28.9 Å². The summed E-state index contributed by atoms with van der Waals surface area (Å²) in [7, 11) is 0. The van der Waals surface area contributed by atoms with E-state index in [-0.39, 0.29) is 5.91 Å².